The number of ketones is 1. The maximum Gasteiger partial charge on any atom is 0.306 e. The predicted molar refractivity (Wildman–Crippen MR) is 147 cm³/mol. The van der Waals surface area contributed by atoms with Gasteiger partial charge in [-0.25, -0.2) is 0 Å². The van der Waals surface area contributed by atoms with Gasteiger partial charge in [0.25, 0.3) is 0 Å². The number of halogens is 1. The highest BCUT2D eigenvalue weighted by Gasteiger charge is 2.31. The number of rotatable bonds is 11. The van der Waals surface area contributed by atoms with Crippen molar-refractivity contribution in [1.29, 1.82) is 0 Å². The van der Waals surface area contributed by atoms with Crippen LogP contribution in [0.15, 0.2) is 45.4 Å². The second kappa shape index (κ2) is 12.3. The number of ether oxygens (including phenoxy) is 2. The van der Waals surface area contributed by atoms with E-state index in [2.05, 4.69) is 32.9 Å². The molecule has 1 atom stereocenters. The molecule has 0 bridgehead atoms. The molecule has 200 valence electrons. The molecule has 0 unspecified atom stereocenters. The van der Waals surface area contributed by atoms with Crippen LogP contribution in [-0.4, -0.2) is 34.3 Å². The second-order valence-electron chi connectivity index (χ2n) is 11.0. The molecule has 2 heterocycles. The zero-order valence-electron chi connectivity index (χ0n) is 22.3. The van der Waals surface area contributed by atoms with Gasteiger partial charge in [0.2, 0.25) is 17.3 Å². The van der Waals surface area contributed by atoms with Crippen LogP contribution in [-0.2, 0) is 20.9 Å². The number of hydrogen-bond acceptors (Lipinski definition) is 8. The van der Waals surface area contributed by atoms with Crippen LogP contribution in [0.5, 0.6) is 0 Å². The van der Waals surface area contributed by atoms with Crippen molar-refractivity contribution in [1.82, 2.24) is 10.3 Å². The van der Waals surface area contributed by atoms with Crippen molar-refractivity contribution in [3.8, 4) is 11.5 Å². The molecule has 3 rings (SSSR count). The van der Waals surface area contributed by atoms with E-state index in [0.29, 0.717) is 36.8 Å². The van der Waals surface area contributed by atoms with Crippen molar-refractivity contribution in [2.75, 3.05) is 6.61 Å². The Labute approximate surface area is 231 Å². The maximum atomic E-state index is 12.7. The fraction of sp³-hybridized carbons (Fsp3) is 0.500. The highest BCUT2D eigenvalue weighted by Crippen LogP contribution is 2.35. The average Bonchev–Trinajstić information content (AvgIpc) is 3.43. The topological polar surface area (TPSA) is 105 Å². The molecule has 0 saturated heterocycles. The fourth-order valence-electron chi connectivity index (χ4n) is 3.68. The zero-order valence-corrected chi connectivity index (χ0v) is 24.5. The van der Waals surface area contributed by atoms with Gasteiger partial charge in [0.05, 0.1) is 16.6 Å². The van der Waals surface area contributed by atoms with Gasteiger partial charge in [-0.1, -0.05) is 61.4 Å². The van der Waals surface area contributed by atoms with Crippen molar-refractivity contribution in [2.45, 2.75) is 78.9 Å². The third-order valence-corrected chi connectivity index (χ3v) is 6.52. The molecule has 0 amide bonds. The van der Waals surface area contributed by atoms with E-state index < -0.39 is 11.0 Å². The summed E-state index contributed by atoms with van der Waals surface area (Å²) in [6.45, 7) is 12.1. The predicted octanol–water partition coefficient (Wildman–Crippen LogP) is 6.98. The second-order valence-corrected chi connectivity index (χ2v) is 12.1. The van der Waals surface area contributed by atoms with Gasteiger partial charge in [0.1, 0.15) is 11.3 Å². The van der Waals surface area contributed by atoms with Gasteiger partial charge in [-0.2, -0.15) is 0 Å². The summed E-state index contributed by atoms with van der Waals surface area (Å²) in [6.07, 6.45) is 1.54. The molecule has 0 aliphatic heterocycles. The Balaban J connectivity index is 1.73. The summed E-state index contributed by atoms with van der Waals surface area (Å²) >= 11 is 2.14. The summed E-state index contributed by atoms with van der Waals surface area (Å²) in [6, 6.07) is 11.6. The quantitative estimate of drug-likeness (QED) is 0.0977. The molecule has 3 aromatic rings. The first-order valence-corrected chi connectivity index (χ1v) is 13.4. The van der Waals surface area contributed by atoms with Gasteiger partial charge in [-0.05, 0) is 61.8 Å². The zero-order chi connectivity index (χ0) is 27.2. The minimum atomic E-state index is -0.600. The molecule has 0 aliphatic carbocycles. The summed E-state index contributed by atoms with van der Waals surface area (Å²) in [4.78, 5) is 25.3. The third-order valence-electron chi connectivity index (χ3n) is 5.48. The Hall–Kier alpha value is -2.53. The summed E-state index contributed by atoms with van der Waals surface area (Å²) in [5.41, 5.74) is 0.964. The van der Waals surface area contributed by atoms with E-state index in [1.165, 1.54) is 0 Å². The van der Waals surface area contributed by atoms with Gasteiger partial charge in [0.15, 0.2) is 5.69 Å². The van der Waals surface area contributed by atoms with Gasteiger partial charge in [-0.3, -0.25) is 9.59 Å². The summed E-state index contributed by atoms with van der Waals surface area (Å²) in [7, 11) is 0. The van der Waals surface area contributed by atoms with Crippen molar-refractivity contribution in [2.24, 2.45) is 5.41 Å². The van der Waals surface area contributed by atoms with E-state index in [9.17, 15) is 9.59 Å². The molecule has 1 aromatic carbocycles. The number of esters is 1. The molecule has 2 aromatic heterocycles. The van der Waals surface area contributed by atoms with E-state index in [0.717, 1.165) is 15.6 Å². The molecule has 0 aliphatic rings. The molecule has 0 spiro atoms. The van der Waals surface area contributed by atoms with Crippen LogP contribution < -0.4 is 0 Å². The van der Waals surface area contributed by atoms with Crippen LogP contribution in [0, 0.1) is 8.99 Å². The third kappa shape index (κ3) is 8.49. The van der Waals surface area contributed by atoms with Crippen molar-refractivity contribution >= 4 is 34.3 Å². The van der Waals surface area contributed by atoms with Crippen LogP contribution in [0.1, 0.15) is 88.5 Å². The first-order chi connectivity index (χ1) is 17.3. The highest BCUT2D eigenvalue weighted by atomic mass is 127. The fourth-order valence-corrected chi connectivity index (χ4v) is 4.59. The number of nitrogens with zero attached hydrogens (tertiary/aromatic N) is 2. The number of Topliss-reactive ketones (excluding diaryl/α,β-unsaturated/α-hetero) is 1. The molecule has 8 nitrogen and oxygen atoms in total. The van der Waals surface area contributed by atoms with Gasteiger partial charge in [0, 0.05) is 24.0 Å². The molecule has 0 fully saturated rings. The van der Waals surface area contributed by atoms with Crippen LogP contribution in [0.2, 0.25) is 0 Å². The molecular weight excluding hydrogens is 587 g/mol. The molecule has 9 heteroatoms. The molecule has 0 saturated carbocycles. The lowest BCUT2D eigenvalue weighted by Gasteiger charge is -2.21. The largest absolute Gasteiger partial charge is 0.460 e. The van der Waals surface area contributed by atoms with E-state index >= 15 is 0 Å². The maximum absolute atomic E-state index is 12.7. The Morgan fingerprint density at radius 2 is 1.73 bits per heavy atom. The lowest BCUT2D eigenvalue weighted by molar-refractivity contribution is -0.155. The van der Waals surface area contributed by atoms with Gasteiger partial charge >= 0.3 is 5.97 Å². The van der Waals surface area contributed by atoms with E-state index in [-0.39, 0.29) is 29.9 Å². The van der Waals surface area contributed by atoms with Crippen molar-refractivity contribution < 1.29 is 28.1 Å². The van der Waals surface area contributed by atoms with Crippen LogP contribution in [0.25, 0.3) is 11.5 Å². The van der Waals surface area contributed by atoms with E-state index in [1.807, 2.05) is 71.9 Å². The number of hydrogen-bond donors (Lipinski definition) is 0. The molecule has 0 N–H and O–H groups in total. The average molecular weight is 623 g/mol. The minimum absolute atomic E-state index is 0.153. The van der Waals surface area contributed by atoms with Gasteiger partial charge < -0.3 is 18.5 Å². The number of carbonyl (C=O) groups excluding carboxylic acids is 2. The Kier molecular flexibility index (Phi) is 9.68. The van der Waals surface area contributed by atoms with E-state index in [1.54, 1.807) is 6.07 Å². The van der Waals surface area contributed by atoms with Crippen LogP contribution in [0.3, 0.4) is 0 Å². The first-order valence-electron chi connectivity index (χ1n) is 12.4. The number of carbonyl (C=O) groups is 2. The van der Waals surface area contributed by atoms with Crippen LogP contribution in [0.4, 0.5) is 0 Å². The lowest BCUT2D eigenvalue weighted by Crippen LogP contribution is -2.25. The normalized spacial score (nSPS) is 12.9. The first kappa shape index (κ1) is 29.0. The Bertz CT molecular complexity index is 1190. The van der Waals surface area contributed by atoms with Crippen molar-refractivity contribution in [3.63, 3.8) is 0 Å². The molecule has 37 heavy (non-hydrogen) atoms. The number of aromatic nitrogens is 2. The summed E-state index contributed by atoms with van der Waals surface area (Å²) < 4.78 is 23.1. The number of benzene rings is 1. The minimum Gasteiger partial charge on any atom is -0.460 e. The Morgan fingerprint density at radius 1 is 1.03 bits per heavy atom. The van der Waals surface area contributed by atoms with Crippen molar-refractivity contribution in [3.05, 3.63) is 57.0 Å². The highest BCUT2D eigenvalue weighted by molar-refractivity contribution is 14.1. The Morgan fingerprint density at radius 3 is 2.38 bits per heavy atom. The summed E-state index contributed by atoms with van der Waals surface area (Å²) in [5, 5.41) is 8.33. The van der Waals surface area contributed by atoms with Gasteiger partial charge in [-0.15, -0.1) is 0 Å². The molecular formula is C28H35IN2O6. The van der Waals surface area contributed by atoms with E-state index in [4.69, 9.17) is 18.5 Å². The molecule has 0 radical (unpaired) electrons. The lowest BCUT2D eigenvalue weighted by atomic mass is 9.89. The summed E-state index contributed by atoms with van der Waals surface area (Å²) in [5.74, 6) is -0.122. The standard InChI is InChI=1S/C28H35IN2O6/c1-27(2,3)26(33)21-16-20(30-36-21)25-23(29)24(31-37-25)19(15-22(32)35-28(4,5)6)13-10-14-34-17-18-11-8-7-9-12-18/h7-9,11-12,16,19H,10,13-15,17H2,1-6H3/t19-/m0/s1. The monoisotopic (exact) mass is 622 g/mol. The SMILES string of the molecule is CC(C)(C)OC(=O)C[C@H](CCCOCc1ccccc1)c1noc(-c2cc(C(=O)C(C)(C)C)on2)c1I. The van der Waals surface area contributed by atoms with Crippen LogP contribution >= 0.6 is 22.6 Å². The smallest absolute Gasteiger partial charge is 0.306 e.